The van der Waals surface area contributed by atoms with Gasteiger partial charge in [-0.25, -0.2) is 19.9 Å². The summed E-state index contributed by atoms with van der Waals surface area (Å²) in [4.78, 5) is 30.3. The second kappa shape index (κ2) is 7.28. The van der Waals surface area contributed by atoms with Gasteiger partial charge in [0, 0.05) is 61.4 Å². The minimum absolute atomic E-state index is 0.763. The van der Waals surface area contributed by atoms with Crippen LogP contribution in [0.4, 0.5) is 11.8 Å². The molecule has 6 rings (SSSR count). The standard InChI is InChI=1S/C22H21N7S/c1-5-16-17(6-1)30-21-18(16)20(26-19(27-21)15-4-2-7-23-14-15)28-10-12-29(13-11-28)22-24-8-3-9-25-22/h2-4,7-9,14H,1,5-6,10-13H2. The molecule has 0 saturated carbocycles. The van der Waals surface area contributed by atoms with Crippen LogP contribution in [-0.2, 0) is 12.8 Å². The van der Waals surface area contributed by atoms with Crippen LogP contribution in [0.5, 0.6) is 0 Å². The molecule has 5 heterocycles. The minimum Gasteiger partial charge on any atom is -0.352 e. The second-order valence-electron chi connectivity index (χ2n) is 7.67. The molecule has 2 aliphatic rings. The zero-order valence-corrected chi connectivity index (χ0v) is 17.3. The van der Waals surface area contributed by atoms with Crippen molar-refractivity contribution in [3.8, 4) is 11.4 Å². The molecule has 1 aliphatic carbocycles. The highest BCUT2D eigenvalue weighted by Crippen LogP contribution is 2.41. The smallest absolute Gasteiger partial charge is 0.225 e. The Bertz CT molecular complexity index is 1180. The van der Waals surface area contributed by atoms with Gasteiger partial charge in [0.15, 0.2) is 5.82 Å². The van der Waals surface area contributed by atoms with Crippen molar-refractivity contribution in [2.45, 2.75) is 19.3 Å². The van der Waals surface area contributed by atoms with Crippen molar-refractivity contribution in [3.63, 3.8) is 0 Å². The molecule has 1 saturated heterocycles. The van der Waals surface area contributed by atoms with Crippen molar-refractivity contribution >= 4 is 33.3 Å². The number of nitrogens with zero attached hydrogens (tertiary/aromatic N) is 7. The van der Waals surface area contributed by atoms with E-state index in [0.717, 1.165) is 67.0 Å². The average molecular weight is 416 g/mol. The van der Waals surface area contributed by atoms with Crippen LogP contribution in [0.2, 0.25) is 0 Å². The molecule has 7 nitrogen and oxygen atoms in total. The molecule has 0 amide bonds. The van der Waals surface area contributed by atoms with Crippen LogP contribution in [0.1, 0.15) is 16.9 Å². The Morgan fingerprint density at radius 3 is 2.50 bits per heavy atom. The third kappa shape index (κ3) is 2.99. The van der Waals surface area contributed by atoms with Gasteiger partial charge in [-0.3, -0.25) is 4.98 Å². The van der Waals surface area contributed by atoms with Crippen LogP contribution in [0, 0.1) is 0 Å². The lowest BCUT2D eigenvalue weighted by molar-refractivity contribution is 0.636. The molecule has 1 fully saturated rings. The van der Waals surface area contributed by atoms with Crippen LogP contribution in [0.15, 0.2) is 43.0 Å². The number of thiophene rings is 1. The third-order valence-electron chi connectivity index (χ3n) is 5.88. The largest absolute Gasteiger partial charge is 0.352 e. The molecule has 8 heteroatoms. The molecule has 0 bridgehead atoms. The molecule has 4 aromatic rings. The first-order valence-corrected chi connectivity index (χ1v) is 11.2. The molecule has 30 heavy (non-hydrogen) atoms. The molecule has 1 aliphatic heterocycles. The van der Waals surface area contributed by atoms with E-state index in [1.165, 1.54) is 22.2 Å². The van der Waals surface area contributed by atoms with E-state index in [4.69, 9.17) is 9.97 Å². The normalized spacial score (nSPS) is 16.3. The van der Waals surface area contributed by atoms with Gasteiger partial charge in [-0.2, -0.15) is 0 Å². The number of hydrogen-bond acceptors (Lipinski definition) is 8. The monoisotopic (exact) mass is 415 g/mol. The summed E-state index contributed by atoms with van der Waals surface area (Å²) in [6.45, 7) is 3.54. The van der Waals surface area contributed by atoms with Crippen LogP contribution in [0.25, 0.3) is 21.6 Å². The number of rotatable bonds is 3. The third-order valence-corrected chi connectivity index (χ3v) is 7.07. The van der Waals surface area contributed by atoms with Crippen LogP contribution < -0.4 is 9.80 Å². The number of piperazine rings is 1. The van der Waals surface area contributed by atoms with Gasteiger partial charge >= 0.3 is 0 Å². The molecular weight excluding hydrogens is 394 g/mol. The fourth-order valence-corrected chi connectivity index (χ4v) is 5.66. The highest BCUT2D eigenvalue weighted by Gasteiger charge is 2.27. The van der Waals surface area contributed by atoms with Gasteiger partial charge in [0.2, 0.25) is 5.95 Å². The van der Waals surface area contributed by atoms with Crippen LogP contribution in [-0.4, -0.2) is 51.1 Å². The Balaban J connectivity index is 1.39. The Morgan fingerprint density at radius 1 is 0.867 bits per heavy atom. The highest BCUT2D eigenvalue weighted by molar-refractivity contribution is 7.19. The summed E-state index contributed by atoms with van der Waals surface area (Å²) in [5, 5.41) is 1.27. The summed E-state index contributed by atoms with van der Waals surface area (Å²) in [5.74, 6) is 2.64. The molecule has 0 unspecified atom stereocenters. The molecule has 150 valence electrons. The summed E-state index contributed by atoms with van der Waals surface area (Å²) in [5.41, 5.74) is 2.43. The lowest BCUT2D eigenvalue weighted by Gasteiger charge is -2.35. The van der Waals surface area contributed by atoms with E-state index in [-0.39, 0.29) is 0 Å². The highest BCUT2D eigenvalue weighted by atomic mass is 32.1. The van der Waals surface area contributed by atoms with Crippen molar-refractivity contribution in [2.75, 3.05) is 36.0 Å². The van der Waals surface area contributed by atoms with E-state index in [2.05, 4.69) is 24.8 Å². The van der Waals surface area contributed by atoms with E-state index in [1.807, 2.05) is 35.7 Å². The predicted molar refractivity (Wildman–Crippen MR) is 119 cm³/mol. The first-order valence-electron chi connectivity index (χ1n) is 10.4. The Hall–Kier alpha value is -3.13. The lowest BCUT2D eigenvalue weighted by Crippen LogP contribution is -2.47. The van der Waals surface area contributed by atoms with E-state index in [9.17, 15) is 0 Å². The average Bonchev–Trinajstić information content (AvgIpc) is 3.41. The van der Waals surface area contributed by atoms with Crippen molar-refractivity contribution in [1.29, 1.82) is 0 Å². The maximum Gasteiger partial charge on any atom is 0.225 e. The topological polar surface area (TPSA) is 70.9 Å². The fourth-order valence-electron chi connectivity index (χ4n) is 4.40. The number of hydrogen-bond donors (Lipinski definition) is 0. The van der Waals surface area contributed by atoms with Crippen LogP contribution in [0.3, 0.4) is 0 Å². The summed E-state index contributed by atoms with van der Waals surface area (Å²) >= 11 is 1.84. The molecule has 0 aromatic carbocycles. The maximum atomic E-state index is 5.07. The van der Waals surface area contributed by atoms with Crippen molar-refractivity contribution in [1.82, 2.24) is 24.9 Å². The summed E-state index contributed by atoms with van der Waals surface area (Å²) < 4.78 is 0. The molecule has 4 aromatic heterocycles. The molecular formula is C22H21N7S. The maximum absolute atomic E-state index is 5.07. The van der Waals surface area contributed by atoms with Gasteiger partial charge in [0.25, 0.3) is 0 Å². The lowest BCUT2D eigenvalue weighted by atomic mass is 10.1. The number of aromatic nitrogens is 5. The first kappa shape index (κ1) is 17.7. The molecule has 0 N–H and O–H groups in total. The van der Waals surface area contributed by atoms with Crippen molar-refractivity contribution in [2.24, 2.45) is 0 Å². The van der Waals surface area contributed by atoms with E-state index >= 15 is 0 Å². The van der Waals surface area contributed by atoms with Gasteiger partial charge < -0.3 is 9.80 Å². The number of anilines is 2. The summed E-state index contributed by atoms with van der Waals surface area (Å²) in [6, 6.07) is 5.83. The summed E-state index contributed by atoms with van der Waals surface area (Å²) in [7, 11) is 0. The minimum atomic E-state index is 0.763. The zero-order valence-electron chi connectivity index (χ0n) is 16.5. The molecule has 0 spiro atoms. The quantitative estimate of drug-likeness (QED) is 0.508. The Labute approximate surface area is 178 Å². The second-order valence-corrected chi connectivity index (χ2v) is 8.76. The number of pyridine rings is 1. The SMILES string of the molecule is c1cnc(N2CCN(c3nc(-c4cccnc4)nc4sc5c(c34)CCC5)CC2)nc1. The molecule has 0 radical (unpaired) electrons. The molecule has 0 atom stereocenters. The van der Waals surface area contributed by atoms with E-state index in [0.29, 0.717) is 0 Å². The van der Waals surface area contributed by atoms with Crippen molar-refractivity contribution < 1.29 is 0 Å². The number of fused-ring (bicyclic) bond motifs is 3. The van der Waals surface area contributed by atoms with Gasteiger partial charge in [0.1, 0.15) is 10.6 Å². The Kier molecular flexibility index (Phi) is 4.30. The van der Waals surface area contributed by atoms with E-state index < -0.39 is 0 Å². The predicted octanol–water partition coefficient (Wildman–Crippen LogP) is 3.36. The van der Waals surface area contributed by atoms with Gasteiger partial charge in [-0.1, -0.05) is 0 Å². The van der Waals surface area contributed by atoms with E-state index in [1.54, 1.807) is 18.6 Å². The van der Waals surface area contributed by atoms with Gasteiger partial charge in [-0.15, -0.1) is 11.3 Å². The summed E-state index contributed by atoms with van der Waals surface area (Å²) in [6.07, 6.45) is 10.8. The number of aryl methyl sites for hydroxylation is 2. The zero-order chi connectivity index (χ0) is 19.9. The fraction of sp³-hybridized carbons (Fsp3) is 0.318. The Morgan fingerprint density at radius 2 is 1.70 bits per heavy atom. The van der Waals surface area contributed by atoms with Gasteiger partial charge in [-0.05, 0) is 43.0 Å². The van der Waals surface area contributed by atoms with Crippen LogP contribution >= 0.6 is 11.3 Å². The first-order chi connectivity index (χ1) is 14.9. The van der Waals surface area contributed by atoms with Crippen molar-refractivity contribution in [3.05, 3.63) is 53.4 Å². The van der Waals surface area contributed by atoms with Gasteiger partial charge in [0.05, 0.1) is 5.39 Å².